The molecule has 78 valence electrons. The first-order chi connectivity index (χ1) is 6.86. The number of hydrazine groups is 1. The molecule has 0 aliphatic heterocycles. The standard InChI is InChI=1S/C9H15N3O2/c1-2-13-5-6-14-8-3-4-11-9(7-8)12-10/h3-4,7H,2,5-6,10H2,1H3,(H,11,12). The van der Waals surface area contributed by atoms with Crippen LogP contribution in [0.1, 0.15) is 6.92 Å². The molecule has 5 nitrogen and oxygen atoms in total. The summed E-state index contributed by atoms with van der Waals surface area (Å²) < 4.78 is 10.5. The fourth-order valence-corrected chi connectivity index (χ4v) is 0.943. The molecule has 0 spiro atoms. The highest BCUT2D eigenvalue weighted by Gasteiger charge is 1.95. The van der Waals surface area contributed by atoms with E-state index in [2.05, 4.69) is 10.4 Å². The van der Waals surface area contributed by atoms with Gasteiger partial charge in [-0.2, -0.15) is 0 Å². The van der Waals surface area contributed by atoms with Gasteiger partial charge in [0.05, 0.1) is 6.61 Å². The summed E-state index contributed by atoms with van der Waals surface area (Å²) in [5, 5.41) is 0. The highest BCUT2D eigenvalue weighted by Crippen LogP contribution is 2.12. The number of nitrogen functional groups attached to an aromatic ring is 1. The zero-order chi connectivity index (χ0) is 10.2. The monoisotopic (exact) mass is 197 g/mol. The molecule has 3 N–H and O–H groups in total. The number of anilines is 1. The van der Waals surface area contributed by atoms with Crippen molar-refractivity contribution in [1.29, 1.82) is 0 Å². The zero-order valence-electron chi connectivity index (χ0n) is 8.19. The van der Waals surface area contributed by atoms with Crippen LogP contribution in [0.25, 0.3) is 0 Å². The van der Waals surface area contributed by atoms with E-state index in [1.54, 1.807) is 18.3 Å². The molecule has 14 heavy (non-hydrogen) atoms. The quantitative estimate of drug-likeness (QED) is 0.400. The van der Waals surface area contributed by atoms with Crippen LogP contribution in [0.5, 0.6) is 5.75 Å². The van der Waals surface area contributed by atoms with Gasteiger partial charge in [0.1, 0.15) is 18.2 Å². The first-order valence-electron chi connectivity index (χ1n) is 4.50. The van der Waals surface area contributed by atoms with Gasteiger partial charge in [0.2, 0.25) is 0 Å². The third kappa shape index (κ3) is 3.59. The minimum Gasteiger partial charge on any atom is -0.491 e. The number of ether oxygens (including phenoxy) is 2. The number of hydrogen-bond acceptors (Lipinski definition) is 5. The Bertz CT molecular complexity index is 268. The Morgan fingerprint density at radius 2 is 2.36 bits per heavy atom. The van der Waals surface area contributed by atoms with Crippen molar-refractivity contribution in [3.8, 4) is 5.75 Å². The van der Waals surface area contributed by atoms with Crippen molar-refractivity contribution in [2.75, 3.05) is 25.2 Å². The molecule has 0 bridgehead atoms. The Morgan fingerprint density at radius 3 is 3.07 bits per heavy atom. The molecule has 0 fully saturated rings. The summed E-state index contributed by atoms with van der Waals surface area (Å²) in [5.41, 5.74) is 2.45. The number of pyridine rings is 1. The van der Waals surface area contributed by atoms with Gasteiger partial charge in [0, 0.05) is 18.9 Å². The lowest BCUT2D eigenvalue weighted by atomic mass is 10.4. The zero-order valence-corrected chi connectivity index (χ0v) is 8.19. The van der Waals surface area contributed by atoms with Crippen LogP contribution in [0, 0.1) is 0 Å². The van der Waals surface area contributed by atoms with Gasteiger partial charge in [-0.25, -0.2) is 10.8 Å². The second-order valence-corrected chi connectivity index (χ2v) is 2.57. The number of aromatic nitrogens is 1. The van der Waals surface area contributed by atoms with Gasteiger partial charge in [0.15, 0.2) is 0 Å². The van der Waals surface area contributed by atoms with Crippen molar-refractivity contribution < 1.29 is 9.47 Å². The van der Waals surface area contributed by atoms with Crippen LogP contribution >= 0.6 is 0 Å². The van der Waals surface area contributed by atoms with Gasteiger partial charge < -0.3 is 14.9 Å². The lowest BCUT2D eigenvalue weighted by Crippen LogP contribution is -2.09. The van der Waals surface area contributed by atoms with Gasteiger partial charge >= 0.3 is 0 Å². The molecule has 0 unspecified atom stereocenters. The van der Waals surface area contributed by atoms with Gasteiger partial charge in [-0.3, -0.25) is 0 Å². The van der Waals surface area contributed by atoms with Gasteiger partial charge in [0.25, 0.3) is 0 Å². The van der Waals surface area contributed by atoms with E-state index >= 15 is 0 Å². The molecule has 5 heteroatoms. The largest absolute Gasteiger partial charge is 0.491 e. The summed E-state index contributed by atoms with van der Waals surface area (Å²) in [6.07, 6.45) is 1.63. The molecule has 0 saturated heterocycles. The van der Waals surface area contributed by atoms with Crippen LogP contribution in [0.3, 0.4) is 0 Å². The van der Waals surface area contributed by atoms with Crippen molar-refractivity contribution in [2.45, 2.75) is 6.92 Å². The summed E-state index contributed by atoms with van der Waals surface area (Å²) in [6, 6.07) is 3.50. The third-order valence-corrected chi connectivity index (χ3v) is 1.58. The molecule has 0 aromatic carbocycles. The van der Waals surface area contributed by atoms with Crippen LogP contribution < -0.4 is 16.0 Å². The fourth-order valence-electron chi connectivity index (χ4n) is 0.943. The first kappa shape index (κ1) is 10.7. The Balaban J connectivity index is 2.34. The van der Waals surface area contributed by atoms with Crippen LogP contribution in [0.2, 0.25) is 0 Å². The van der Waals surface area contributed by atoms with E-state index in [0.717, 1.165) is 5.75 Å². The average Bonchev–Trinajstić information content (AvgIpc) is 2.25. The van der Waals surface area contributed by atoms with E-state index in [9.17, 15) is 0 Å². The van der Waals surface area contributed by atoms with Crippen LogP contribution in [0.15, 0.2) is 18.3 Å². The number of rotatable bonds is 6. The summed E-state index contributed by atoms with van der Waals surface area (Å²) in [5.74, 6) is 6.51. The van der Waals surface area contributed by atoms with E-state index in [-0.39, 0.29) is 0 Å². The smallest absolute Gasteiger partial charge is 0.143 e. The van der Waals surface area contributed by atoms with Crippen molar-refractivity contribution in [1.82, 2.24) is 4.98 Å². The highest BCUT2D eigenvalue weighted by molar-refractivity contribution is 5.39. The van der Waals surface area contributed by atoms with E-state index in [1.807, 2.05) is 6.92 Å². The summed E-state index contributed by atoms with van der Waals surface area (Å²) in [4.78, 5) is 3.95. The van der Waals surface area contributed by atoms with Gasteiger partial charge in [-0.05, 0) is 13.0 Å². The lowest BCUT2D eigenvalue weighted by Gasteiger charge is -2.06. The minimum absolute atomic E-state index is 0.530. The molecule has 0 aliphatic carbocycles. The number of nitrogens with two attached hydrogens (primary N) is 1. The first-order valence-corrected chi connectivity index (χ1v) is 4.50. The summed E-state index contributed by atoms with van der Waals surface area (Å²) in [6.45, 7) is 3.77. The Kier molecular flexibility index (Phi) is 4.74. The Labute approximate surface area is 83.2 Å². The van der Waals surface area contributed by atoms with Crippen LogP contribution in [-0.4, -0.2) is 24.8 Å². The van der Waals surface area contributed by atoms with Crippen molar-refractivity contribution in [3.63, 3.8) is 0 Å². The van der Waals surface area contributed by atoms with Crippen LogP contribution in [0.4, 0.5) is 5.82 Å². The molecule has 1 aromatic rings. The maximum Gasteiger partial charge on any atom is 0.143 e. The maximum absolute atomic E-state index is 5.39. The molecule has 0 amide bonds. The molecule has 1 aromatic heterocycles. The molecule has 0 aliphatic rings. The van der Waals surface area contributed by atoms with Crippen molar-refractivity contribution >= 4 is 5.82 Å². The van der Waals surface area contributed by atoms with E-state index in [4.69, 9.17) is 15.3 Å². The Morgan fingerprint density at radius 1 is 1.50 bits per heavy atom. The number of hydrogen-bond donors (Lipinski definition) is 2. The number of nitrogens with one attached hydrogen (secondary N) is 1. The second kappa shape index (κ2) is 6.17. The molecule has 0 radical (unpaired) electrons. The molecular formula is C9H15N3O2. The molecule has 1 heterocycles. The van der Waals surface area contributed by atoms with Gasteiger partial charge in [-0.1, -0.05) is 0 Å². The van der Waals surface area contributed by atoms with Gasteiger partial charge in [-0.15, -0.1) is 0 Å². The van der Waals surface area contributed by atoms with E-state index < -0.39 is 0 Å². The SMILES string of the molecule is CCOCCOc1ccnc(NN)c1. The fraction of sp³-hybridized carbons (Fsp3) is 0.444. The molecular weight excluding hydrogens is 182 g/mol. The van der Waals surface area contributed by atoms with E-state index in [1.165, 1.54) is 0 Å². The third-order valence-electron chi connectivity index (χ3n) is 1.58. The highest BCUT2D eigenvalue weighted by atomic mass is 16.5. The predicted octanol–water partition coefficient (Wildman–Crippen LogP) is 0.782. The lowest BCUT2D eigenvalue weighted by molar-refractivity contribution is 0.110. The molecule has 1 rings (SSSR count). The maximum atomic E-state index is 5.39. The topological polar surface area (TPSA) is 69.4 Å². The van der Waals surface area contributed by atoms with E-state index in [0.29, 0.717) is 25.6 Å². The minimum atomic E-state index is 0.530. The predicted molar refractivity (Wildman–Crippen MR) is 54.0 cm³/mol. The second-order valence-electron chi connectivity index (χ2n) is 2.57. The molecule has 0 atom stereocenters. The number of nitrogens with zero attached hydrogens (tertiary/aromatic N) is 1. The summed E-state index contributed by atoms with van der Waals surface area (Å²) in [7, 11) is 0. The summed E-state index contributed by atoms with van der Waals surface area (Å²) >= 11 is 0. The van der Waals surface area contributed by atoms with Crippen molar-refractivity contribution in [2.24, 2.45) is 5.84 Å². The van der Waals surface area contributed by atoms with Crippen LogP contribution in [-0.2, 0) is 4.74 Å². The normalized spacial score (nSPS) is 9.86. The molecule has 0 saturated carbocycles. The van der Waals surface area contributed by atoms with Crippen molar-refractivity contribution in [3.05, 3.63) is 18.3 Å². The Hall–Kier alpha value is -1.33. The average molecular weight is 197 g/mol.